The first kappa shape index (κ1) is 13.1. The molecule has 0 atom stereocenters. The molecule has 1 aromatic rings. The lowest BCUT2D eigenvalue weighted by molar-refractivity contribution is 0.100. The molecule has 0 saturated carbocycles. The Morgan fingerprint density at radius 1 is 1.38 bits per heavy atom. The van der Waals surface area contributed by atoms with E-state index in [4.69, 9.17) is 5.73 Å². The van der Waals surface area contributed by atoms with Gasteiger partial charge in [0.25, 0.3) is 0 Å². The van der Waals surface area contributed by atoms with Crippen LogP contribution in [0, 0.1) is 0 Å². The quantitative estimate of drug-likeness (QED) is 0.848. The van der Waals surface area contributed by atoms with Gasteiger partial charge in [0, 0.05) is 14.5 Å². The summed E-state index contributed by atoms with van der Waals surface area (Å²) in [6, 6.07) is 5.37. The SMILES string of the molecule is Cl.NCC(=O)c1ccc(Br)cc1Br. The van der Waals surface area contributed by atoms with Crippen molar-refractivity contribution in [3.05, 3.63) is 32.7 Å². The molecule has 0 aliphatic heterocycles. The van der Waals surface area contributed by atoms with Crippen molar-refractivity contribution >= 4 is 50.1 Å². The first-order valence-electron chi connectivity index (χ1n) is 3.33. The van der Waals surface area contributed by atoms with E-state index in [1.807, 2.05) is 12.1 Å². The number of benzene rings is 1. The van der Waals surface area contributed by atoms with Gasteiger partial charge in [-0.05, 0) is 18.2 Å². The van der Waals surface area contributed by atoms with Gasteiger partial charge in [0.2, 0.25) is 0 Å². The summed E-state index contributed by atoms with van der Waals surface area (Å²) >= 11 is 6.58. The van der Waals surface area contributed by atoms with Crippen LogP contribution in [0.4, 0.5) is 0 Å². The molecule has 0 spiro atoms. The number of halogens is 3. The molecular formula is C8H8Br2ClNO. The predicted octanol–water partition coefficient (Wildman–Crippen LogP) is 2.77. The maximum atomic E-state index is 11.2. The topological polar surface area (TPSA) is 43.1 Å². The largest absolute Gasteiger partial charge is 0.324 e. The maximum Gasteiger partial charge on any atom is 0.177 e. The molecule has 0 aromatic heterocycles. The zero-order valence-electron chi connectivity index (χ0n) is 6.59. The number of hydrogen-bond acceptors (Lipinski definition) is 2. The molecule has 0 heterocycles. The molecule has 0 saturated heterocycles. The van der Waals surface area contributed by atoms with Gasteiger partial charge in [-0.25, -0.2) is 0 Å². The molecule has 1 aromatic carbocycles. The molecular weight excluding hydrogens is 321 g/mol. The van der Waals surface area contributed by atoms with Gasteiger partial charge in [-0.3, -0.25) is 4.79 Å². The second-order valence-electron chi connectivity index (χ2n) is 2.25. The normalized spacial score (nSPS) is 9.15. The second kappa shape index (κ2) is 5.75. The minimum atomic E-state index is -0.0608. The molecule has 2 nitrogen and oxygen atoms in total. The van der Waals surface area contributed by atoms with E-state index in [2.05, 4.69) is 31.9 Å². The van der Waals surface area contributed by atoms with Gasteiger partial charge in [-0.2, -0.15) is 0 Å². The lowest BCUT2D eigenvalue weighted by Gasteiger charge is -2.01. The molecule has 0 bridgehead atoms. The van der Waals surface area contributed by atoms with Crippen LogP contribution < -0.4 is 5.73 Å². The molecule has 2 N–H and O–H groups in total. The van der Waals surface area contributed by atoms with E-state index in [-0.39, 0.29) is 24.7 Å². The molecule has 0 aliphatic carbocycles. The first-order chi connectivity index (χ1) is 5.65. The van der Waals surface area contributed by atoms with Crippen molar-refractivity contribution in [2.75, 3.05) is 6.54 Å². The van der Waals surface area contributed by atoms with Crippen LogP contribution in [0.3, 0.4) is 0 Å². The summed E-state index contributed by atoms with van der Waals surface area (Å²) in [4.78, 5) is 11.2. The Morgan fingerprint density at radius 2 is 2.00 bits per heavy atom. The zero-order valence-corrected chi connectivity index (χ0v) is 10.6. The van der Waals surface area contributed by atoms with Crippen molar-refractivity contribution in [1.29, 1.82) is 0 Å². The summed E-state index contributed by atoms with van der Waals surface area (Å²) in [5.74, 6) is -0.0608. The molecule has 0 radical (unpaired) electrons. The third kappa shape index (κ3) is 3.38. The molecule has 5 heteroatoms. The fourth-order valence-electron chi connectivity index (χ4n) is 0.826. The van der Waals surface area contributed by atoms with E-state index in [0.717, 1.165) is 8.95 Å². The van der Waals surface area contributed by atoms with Crippen LogP contribution in [0.15, 0.2) is 27.1 Å². The number of ketones is 1. The summed E-state index contributed by atoms with van der Waals surface area (Å²) in [7, 11) is 0. The molecule has 72 valence electrons. The minimum Gasteiger partial charge on any atom is -0.324 e. The van der Waals surface area contributed by atoms with Crippen LogP contribution in [0.1, 0.15) is 10.4 Å². The van der Waals surface area contributed by atoms with Gasteiger partial charge in [0.1, 0.15) is 0 Å². The Labute approximate surface area is 99.6 Å². The number of hydrogen-bond donors (Lipinski definition) is 1. The van der Waals surface area contributed by atoms with Gasteiger partial charge in [0.05, 0.1) is 6.54 Å². The number of rotatable bonds is 2. The van der Waals surface area contributed by atoms with Crippen molar-refractivity contribution in [1.82, 2.24) is 0 Å². The minimum absolute atomic E-state index is 0. The van der Waals surface area contributed by atoms with Crippen LogP contribution in [-0.4, -0.2) is 12.3 Å². The first-order valence-corrected chi connectivity index (χ1v) is 4.92. The van der Waals surface area contributed by atoms with E-state index in [9.17, 15) is 4.79 Å². The van der Waals surface area contributed by atoms with E-state index in [0.29, 0.717) is 5.56 Å². The Morgan fingerprint density at radius 3 is 2.46 bits per heavy atom. The molecule has 13 heavy (non-hydrogen) atoms. The van der Waals surface area contributed by atoms with Gasteiger partial charge in [0.15, 0.2) is 5.78 Å². The van der Waals surface area contributed by atoms with E-state index in [1.165, 1.54) is 0 Å². The number of carbonyl (C=O) groups excluding carboxylic acids is 1. The van der Waals surface area contributed by atoms with Crippen molar-refractivity contribution in [2.24, 2.45) is 5.73 Å². The molecule has 0 unspecified atom stereocenters. The fraction of sp³-hybridized carbons (Fsp3) is 0.125. The standard InChI is InChI=1S/C8H7Br2NO.ClH/c9-5-1-2-6(7(10)3-5)8(12)4-11;/h1-3H,4,11H2;1H. The molecule has 0 fully saturated rings. The Bertz CT molecular complexity index is 317. The monoisotopic (exact) mass is 327 g/mol. The van der Waals surface area contributed by atoms with Crippen LogP contribution in [0.2, 0.25) is 0 Å². The highest BCUT2D eigenvalue weighted by molar-refractivity contribution is 9.11. The Hall–Kier alpha value is 0.1000. The van der Waals surface area contributed by atoms with Crippen molar-refractivity contribution < 1.29 is 4.79 Å². The van der Waals surface area contributed by atoms with Crippen LogP contribution in [0.5, 0.6) is 0 Å². The van der Waals surface area contributed by atoms with Gasteiger partial charge < -0.3 is 5.73 Å². The Kier molecular flexibility index (Phi) is 5.80. The highest BCUT2D eigenvalue weighted by atomic mass is 79.9. The van der Waals surface area contributed by atoms with Gasteiger partial charge in [-0.15, -0.1) is 12.4 Å². The van der Waals surface area contributed by atoms with Crippen LogP contribution in [0.25, 0.3) is 0 Å². The smallest absolute Gasteiger partial charge is 0.177 e. The summed E-state index contributed by atoms with van der Waals surface area (Å²) < 4.78 is 1.70. The van der Waals surface area contributed by atoms with Gasteiger partial charge in [-0.1, -0.05) is 31.9 Å². The number of carbonyl (C=O) groups is 1. The van der Waals surface area contributed by atoms with Crippen molar-refractivity contribution in [3.8, 4) is 0 Å². The number of Topliss-reactive ketones (excluding diaryl/α,β-unsaturated/α-hetero) is 1. The van der Waals surface area contributed by atoms with Crippen LogP contribution in [-0.2, 0) is 0 Å². The lowest BCUT2D eigenvalue weighted by Crippen LogP contribution is -2.13. The second-order valence-corrected chi connectivity index (χ2v) is 4.02. The average molecular weight is 329 g/mol. The lowest BCUT2D eigenvalue weighted by atomic mass is 10.1. The summed E-state index contributed by atoms with van der Waals surface area (Å²) in [5.41, 5.74) is 5.85. The summed E-state index contributed by atoms with van der Waals surface area (Å²) in [5, 5.41) is 0. The van der Waals surface area contributed by atoms with Gasteiger partial charge >= 0.3 is 0 Å². The van der Waals surface area contributed by atoms with Crippen molar-refractivity contribution in [2.45, 2.75) is 0 Å². The fourth-order valence-corrected chi connectivity index (χ4v) is 2.09. The van der Waals surface area contributed by atoms with E-state index >= 15 is 0 Å². The van der Waals surface area contributed by atoms with E-state index in [1.54, 1.807) is 6.07 Å². The predicted molar refractivity (Wildman–Crippen MR) is 62.5 cm³/mol. The molecule has 0 aliphatic rings. The van der Waals surface area contributed by atoms with Crippen LogP contribution >= 0.6 is 44.3 Å². The zero-order chi connectivity index (χ0) is 9.14. The third-order valence-corrected chi connectivity index (χ3v) is 2.57. The summed E-state index contributed by atoms with van der Waals surface area (Å²) in [6.45, 7) is 0.0419. The van der Waals surface area contributed by atoms with Crippen molar-refractivity contribution in [3.63, 3.8) is 0 Å². The van der Waals surface area contributed by atoms with E-state index < -0.39 is 0 Å². The third-order valence-electron chi connectivity index (χ3n) is 1.42. The highest BCUT2D eigenvalue weighted by Crippen LogP contribution is 2.21. The average Bonchev–Trinajstić information content (AvgIpc) is 2.03. The number of nitrogens with two attached hydrogens (primary N) is 1. The Balaban J connectivity index is 0.00000144. The maximum absolute atomic E-state index is 11.2. The summed E-state index contributed by atoms with van der Waals surface area (Å²) in [6.07, 6.45) is 0. The molecule has 1 rings (SSSR count). The molecule has 0 amide bonds. The highest BCUT2D eigenvalue weighted by Gasteiger charge is 2.07.